The van der Waals surface area contributed by atoms with Crippen molar-refractivity contribution in [3.8, 4) is 0 Å². The van der Waals surface area contributed by atoms with Crippen molar-refractivity contribution in [3.63, 3.8) is 0 Å². The van der Waals surface area contributed by atoms with Gasteiger partial charge in [0.1, 0.15) is 0 Å². The van der Waals surface area contributed by atoms with Crippen molar-refractivity contribution in [2.45, 2.75) is 44.9 Å². The number of carbonyl (C=O) groups excluding carboxylic acids is 2. The van der Waals surface area contributed by atoms with E-state index >= 15 is 0 Å². The highest BCUT2D eigenvalue weighted by molar-refractivity contribution is 6.07. The zero-order chi connectivity index (χ0) is 21.0. The number of rotatable bonds is 3. The summed E-state index contributed by atoms with van der Waals surface area (Å²) in [7, 11) is 0. The van der Waals surface area contributed by atoms with Crippen LogP contribution in [-0.2, 0) is 4.79 Å². The van der Waals surface area contributed by atoms with Crippen LogP contribution in [-0.4, -0.2) is 47.8 Å². The van der Waals surface area contributed by atoms with Crippen LogP contribution in [0.1, 0.15) is 55.3 Å². The molecule has 2 aromatic carbocycles. The fourth-order valence-corrected chi connectivity index (χ4v) is 7.68. The molecule has 0 N–H and O–H groups in total. The molecule has 4 heteroatoms. The van der Waals surface area contributed by atoms with Crippen molar-refractivity contribution < 1.29 is 9.59 Å². The Labute approximate surface area is 184 Å². The van der Waals surface area contributed by atoms with Crippen LogP contribution in [0.5, 0.6) is 0 Å². The average Bonchev–Trinajstić information content (AvgIpc) is 2.77. The van der Waals surface area contributed by atoms with Crippen molar-refractivity contribution in [2.75, 3.05) is 26.2 Å². The fourth-order valence-electron chi connectivity index (χ4n) is 7.68. The maximum atomic E-state index is 13.2. The van der Waals surface area contributed by atoms with Crippen LogP contribution in [0.25, 0.3) is 10.8 Å². The number of benzene rings is 2. The van der Waals surface area contributed by atoms with Crippen molar-refractivity contribution in [1.29, 1.82) is 0 Å². The predicted octanol–water partition coefficient (Wildman–Crippen LogP) is 4.73. The van der Waals surface area contributed by atoms with E-state index in [1.807, 2.05) is 52.3 Å². The molecule has 0 atom stereocenters. The largest absolute Gasteiger partial charge is 0.339 e. The molecule has 4 bridgehead atoms. The van der Waals surface area contributed by atoms with Crippen LogP contribution >= 0.6 is 0 Å². The minimum Gasteiger partial charge on any atom is -0.339 e. The summed E-state index contributed by atoms with van der Waals surface area (Å²) in [6, 6.07) is 14.0. The monoisotopic (exact) mass is 416 g/mol. The van der Waals surface area contributed by atoms with Crippen molar-refractivity contribution in [3.05, 3.63) is 48.0 Å². The summed E-state index contributed by atoms with van der Waals surface area (Å²) in [5, 5.41) is 2.10. The molecule has 4 aliphatic carbocycles. The molecule has 31 heavy (non-hydrogen) atoms. The van der Waals surface area contributed by atoms with Gasteiger partial charge >= 0.3 is 0 Å². The molecule has 1 saturated heterocycles. The lowest BCUT2D eigenvalue weighted by Crippen LogP contribution is -2.53. The zero-order valence-corrected chi connectivity index (χ0v) is 18.3. The molecule has 1 heterocycles. The first-order valence-corrected chi connectivity index (χ1v) is 12.1. The number of nitrogens with zero attached hydrogens (tertiary/aromatic N) is 2. The fraction of sp³-hybridized carbons (Fsp3) is 0.556. The lowest BCUT2D eigenvalue weighted by molar-refractivity contribution is -0.141. The molecule has 5 aliphatic rings. The van der Waals surface area contributed by atoms with E-state index in [1.165, 1.54) is 38.5 Å². The SMILES string of the molecule is O=C(CC12CC3CC(CC(C3)C1)C2)N1CCN(C(=O)c2cccc3ccccc23)CC1. The van der Waals surface area contributed by atoms with Crippen LogP contribution in [0.15, 0.2) is 42.5 Å². The Morgan fingerprint density at radius 1 is 0.774 bits per heavy atom. The first-order valence-electron chi connectivity index (χ1n) is 12.1. The molecule has 0 unspecified atom stereocenters. The van der Waals surface area contributed by atoms with Gasteiger partial charge < -0.3 is 9.80 Å². The number of hydrogen-bond acceptors (Lipinski definition) is 2. The van der Waals surface area contributed by atoms with Gasteiger partial charge in [-0.2, -0.15) is 0 Å². The van der Waals surface area contributed by atoms with Gasteiger partial charge in [0.15, 0.2) is 0 Å². The molecule has 0 radical (unpaired) electrons. The highest BCUT2D eigenvalue weighted by atomic mass is 16.2. The van der Waals surface area contributed by atoms with E-state index in [1.54, 1.807) is 0 Å². The van der Waals surface area contributed by atoms with Gasteiger partial charge in [0.25, 0.3) is 5.91 Å². The third-order valence-electron chi connectivity index (χ3n) is 8.63. The van der Waals surface area contributed by atoms with E-state index in [2.05, 4.69) is 0 Å². The van der Waals surface area contributed by atoms with E-state index in [9.17, 15) is 9.59 Å². The first kappa shape index (κ1) is 19.3. The van der Waals surface area contributed by atoms with Gasteiger partial charge in [-0.1, -0.05) is 36.4 Å². The topological polar surface area (TPSA) is 40.6 Å². The number of amides is 2. The van der Waals surface area contributed by atoms with Crippen molar-refractivity contribution in [2.24, 2.45) is 23.2 Å². The lowest BCUT2D eigenvalue weighted by atomic mass is 9.49. The molecule has 2 amide bonds. The molecular formula is C27H32N2O2. The summed E-state index contributed by atoms with van der Waals surface area (Å²) < 4.78 is 0. The Balaban J connectivity index is 1.10. The Kier molecular flexibility index (Phi) is 4.59. The third-order valence-corrected chi connectivity index (χ3v) is 8.63. The summed E-state index contributed by atoms with van der Waals surface area (Å²) in [6.07, 6.45) is 8.85. The lowest BCUT2D eigenvalue weighted by Gasteiger charge is -2.57. The highest BCUT2D eigenvalue weighted by Crippen LogP contribution is 2.61. The van der Waals surface area contributed by atoms with E-state index in [-0.39, 0.29) is 5.91 Å². The number of piperazine rings is 1. The molecule has 4 nitrogen and oxygen atoms in total. The molecule has 4 saturated carbocycles. The van der Waals surface area contributed by atoms with Gasteiger partial charge in [-0.3, -0.25) is 9.59 Å². The molecule has 1 aliphatic heterocycles. The Morgan fingerprint density at radius 3 is 2.03 bits per heavy atom. The maximum Gasteiger partial charge on any atom is 0.254 e. The molecular weight excluding hydrogens is 384 g/mol. The van der Waals surface area contributed by atoms with Gasteiger partial charge in [-0.15, -0.1) is 0 Å². The van der Waals surface area contributed by atoms with Gasteiger partial charge in [-0.05, 0) is 78.5 Å². The zero-order valence-electron chi connectivity index (χ0n) is 18.3. The minimum atomic E-state index is 0.0879. The van der Waals surface area contributed by atoms with Crippen LogP contribution in [0.3, 0.4) is 0 Å². The van der Waals surface area contributed by atoms with Crippen molar-refractivity contribution >= 4 is 22.6 Å². The molecule has 7 rings (SSSR count). The third kappa shape index (κ3) is 3.44. The smallest absolute Gasteiger partial charge is 0.254 e. The van der Waals surface area contributed by atoms with Gasteiger partial charge in [0.2, 0.25) is 5.91 Å². The number of hydrogen-bond donors (Lipinski definition) is 0. The average molecular weight is 417 g/mol. The summed E-state index contributed by atoms with van der Waals surface area (Å²) in [5.41, 5.74) is 1.06. The molecule has 0 aromatic heterocycles. The van der Waals surface area contributed by atoms with Crippen LogP contribution in [0, 0.1) is 23.2 Å². The molecule has 5 fully saturated rings. The van der Waals surface area contributed by atoms with Gasteiger partial charge in [-0.25, -0.2) is 0 Å². The van der Waals surface area contributed by atoms with Gasteiger partial charge in [0.05, 0.1) is 0 Å². The highest BCUT2D eigenvalue weighted by Gasteiger charge is 2.51. The van der Waals surface area contributed by atoms with Crippen LogP contribution in [0.2, 0.25) is 0 Å². The van der Waals surface area contributed by atoms with Crippen LogP contribution < -0.4 is 0 Å². The summed E-state index contributed by atoms with van der Waals surface area (Å²) in [4.78, 5) is 30.4. The Morgan fingerprint density at radius 2 is 1.35 bits per heavy atom. The second-order valence-electron chi connectivity index (χ2n) is 10.8. The number of carbonyl (C=O) groups is 2. The van der Waals surface area contributed by atoms with Crippen molar-refractivity contribution in [1.82, 2.24) is 9.80 Å². The Bertz CT molecular complexity index is 980. The van der Waals surface area contributed by atoms with E-state index in [0.29, 0.717) is 37.5 Å². The maximum absolute atomic E-state index is 13.2. The number of fused-ring (bicyclic) bond motifs is 1. The molecule has 2 aromatic rings. The van der Waals surface area contributed by atoms with E-state index in [4.69, 9.17) is 0 Å². The quantitative estimate of drug-likeness (QED) is 0.726. The first-order chi connectivity index (χ1) is 15.1. The van der Waals surface area contributed by atoms with E-state index < -0.39 is 0 Å². The second-order valence-corrected chi connectivity index (χ2v) is 10.8. The van der Waals surface area contributed by atoms with Gasteiger partial charge in [0, 0.05) is 38.2 Å². The second kappa shape index (κ2) is 7.36. The summed E-state index contributed by atoms with van der Waals surface area (Å²) in [5.74, 6) is 3.07. The van der Waals surface area contributed by atoms with Crippen LogP contribution in [0.4, 0.5) is 0 Å². The standard InChI is InChI=1S/C27H32N2O2/c30-25(18-27-15-19-12-20(16-27)14-21(13-19)17-27)28-8-10-29(11-9-28)26(31)24-7-3-5-22-4-1-2-6-23(22)24/h1-7,19-21H,8-18H2. The predicted molar refractivity (Wildman–Crippen MR) is 122 cm³/mol. The minimum absolute atomic E-state index is 0.0879. The van der Waals surface area contributed by atoms with E-state index in [0.717, 1.165) is 40.5 Å². The summed E-state index contributed by atoms with van der Waals surface area (Å²) in [6.45, 7) is 2.60. The molecule has 0 spiro atoms. The normalized spacial score (nSPS) is 31.9. The summed E-state index contributed by atoms with van der Waals surface area (Å²) >= 11 is 0. The Hall–Kier alpha value is -2.36. The molecule has 162 valence electrons.